The van der Waals surface area contributed by atoms with Gasteiger partial charge >= 0.3 is 5.97 Å². The number of esters is 1. The van der Waals surface area contributed by atoms with Gasteiger partial charge in [0.15, 0.2) is 5.15 Å². The zero-order valence-corrected chi connectivity index (χ0v) is 22.6. The van der Waals surface area contributed by atoms with Crippen LogP contribution < -0.4 is 10.1 Å². The summed E-state index contributed by atoms with van der Waals surface area (Å²) in [6.45, 7) is 4.50. The van der Waals surface area contributed by atoms with Crippen LogP contribution in [0.5, 0.6) is 5.75 Å². The monoisotopic (exact) mass is 527 g/mol. The van der Waals surface area contributed by atoms with Crippen LogP contribution >= 0.6 is 11.6 Å². The second-order valence-electron chi connectivity index (χ2n) is 9.42. The third-order valence-corrected chi connectivity index (χ3v) is 7.05. The van der Waals surface area contributed by atoms with Gasteiger partial charge in [0.2, 0.25) is 0 Å². The Balaban J connectivity index is 1.46. The van der Waals surface area contributed by atoms with Crippen LogP contribution in [0.2, 0.25) is 5.15 Å². The average Bonchev–Trinajstić information content (AvgIpc) is 3.28. The number of ether oxygens (including phenoxy) is 2. The third kappa shape index (κ3) is 6.54. The molecule has 0 aromatic carbocycles. The molecule has 11 heteroatoms. The van der Waals surface area contributed by atoms with Crippen molar-refractivity contribution in [3.8, 4) is 17.1 Å². The Labute approximate surface area is 222 Å². The van der Waals surface area contributed by atoms with Gasteiger partial charge in [-0.25, -0.2) is 9.67 Å². The number of carbonyl (C=O) groups excluding carboxylic acids is 1. The molecular formula is C26H34ClN7O3. The van der Waals surface area contributed by atoms with Gasteiger partial charge in [0, 0.05) is 7.05 Å². The number of nitrogens with one attached hydrogen (secondary N) is 1. The first-order valence-electron chi connectivity index (χ1n) is 12.8. The minimum Gasteiger partial charge on any atom is -0.489 e. The predicted octanol–water partition coefficient (Wildman–Crippen LogP) is 4.69. The molecule has 4 rings (SSSR count). The Morgan fingerprint density at radius 1 is 1.24 bits per heavy atom. The number of rotatable bonds is 10. The Kier molecular flexibility index (Phi) is 8.91. The van der Waals surface area contributed by atoms with Crippen molar-refractivity contribution >= 4 is 23.4 Å². The lowest BCUT2D eigenvalue weighted by molar-refractivity contribution is -0.147. The molecule has 0 unspecified atom stereocenters. The van der Waals surface area contributed by atoms with E-state index in [1.807, 2.05) is 32.2 Å². The summed E-state index contributed by atoms with van der Waals surface area (Å²) in [5.74, 6) is 1.08. The number of hydrogen-bond acceptors (Lipinski definition) is 9. The second-order valence-corrected chi connectivity index (χ2v) is 9.78. The lowest BCUT2D eigenvalue weighted by Gasteiger charge is -2.28. The second kappa shape index (κ2) is 12.3. The number of methoxy groups -OCH3 is 1. The number of halogens is 1. The van der Waals surface area contributed by atoms with E-state index in [4.69, 9.17) is 26.1 Å². The van der Waals surface area contributed by atoms with Crippen molar-refractivity contribution in [2.75, 3.05) is 12.4 Å². The smallest absolute Gasteiger partial charge is 0.308 e. The molecule has 37 heavy (non-hydrogen) atoms. The van der Waals surface area contributed by atoms with E-state index in [0.29, 0.717) is 41.1 Å². The highest BCUT2D eigenvalue weighted by Crippen LogP contribution is 2.31. The number of aromatic nitrogens is 6. The summed E-state index contributed by atoms with van der Waals surface area (Å²) < 4.78 is 12.9. The van der Waals surface area contributed by atoms with Crippen LogP contribution in [0.1, 0.15) is 62.4 Å². The maximum atomic E-state index is 12.0. The number of anilines is 1. The molecule has 2 atom stereocenters. The molecule has 1 fully saturated rings. The number of pyridine rings is 1. The van der Waals surface area contributed by atoms with Crippen molar-refractivity contribution in [2.45, 2.75) is 71.4 Å². The molecule has 0 aliphatic heterocycles. The highest BCUT2D eigenvalue weighted by atomic mass is 35.5. The molecule has 3 heterocycles. The highest BCUT2D eigenvalue weighted by molar-refractivity contribution is 6.30. The van der Waals surface area contributed by atoms with Crippen molar-refractivity contribution in [3.05, 3.63) is 40.3 Å². The molecule has 1 N–H and O–H groups in total. The molecular weight excluding hydrogens is 494 g/mol. The fourth-order valence-corrected chi connectivity index (χ4v) is 4.80. The minimum absolute atomic E-state index is 0.0387. The standard InChI is InChI=1S/C26H34ClN7O3/c1-5-6-8-17-14-23(30-32-25(17)27)28-15-21-24(31-33-34(21)3)20-11-12-22(16(2)29-20)37-19-10-7-9-18(13-19)26(35)36-4/h11-12,14,18-19H,5-10,13,15H2,1-4H3,(H,28,30)/t18-,19-/m0/s1. The first-order valence-corrected chi connectivity index (χ1v) is 13.1. The Morgan fingerprint density at radius 3 is 2.84 bits per heavy atom. The van der Waals surface area contributed by atoms with Crippen molar-refractivity contribution in [2.24, 2.45) is 13.0 Å². The van der Waals surface area contributed by atoms with Gasteiger partial charge in [-0.3, -0.25) is 4.79 Å². The summed E-state index contributed by atoms with van der Waals surface area (Å²) in [5.41, 5.74) is 3.98. The van der Waals surface area contributed by atoms with Gasteiger partial charge in [-0.15, -0.1) is 15.3 Å². The van der Waals surface area contributed by atoms with E-state index >= 15 is 0 Å². The summed E-state index contributed by atoms with van der Waals surface area (Å²) in [5, 5.41) is 20.6. The van der Waals surface area contributed by atoms with E-state index in [1.165, 1.54) is 7.11 Å². The predicted molar refractivity (Wildman–Crippen MR) is 140 cm³/mol. The van der Waals surface area contributed by atoms with Crippen LogP contribution in [0.4, 0.5) is 5.82 Å². The van der Waals surface area contributed by atoms with Crippen molar-refractivity contribution in [1.82, 2.24) is 30.2 Å². The summed E-state index contributed by atoms with van der Waals surface area (Å²) in [6, 6.07) is 5.75. The molecule has 3 aromatic heterocycles. The fourth-order valence-electron chi connectivity index (χ4n) is 4.61. The molecule has 10 nitrogen and oxygen atoms in total. The van der Waals surface area contributed by atoms with E-state index in [2.05, 4.69) is 32.7 Å². The average molecular weight is 528 g/mol. The van der Waals surface area contributed by atoms with Gasteiger partial charge < -0.3 is 14.8 Å². The molecule has 198 valence electrons. The Hall–Kier alpha value is -3.27. The number of hydrogen-bond donors (Lipinski definition) is 1. The Morgan fingerprint density at radius 2 is 2.08 bits per heavy atom. The molecule has 1 aliphatic rings. The molecule has 3 aromatic rings. The van der Waals surface area contributed by atoms with Gasteiger partial charge in [-0.1, -0.05) is 30.2 Å². The fraction of sp³-hybridized carbons (Fsp3) is 0.538. The van der Waals surface area contributed by atoms with E-state index in [9.17, 15) is 4.79 Å². The van der Waals surface area contributed by atoms with Gasteiger partial charge in [-0.2, -0.15) is 0 Å². The number of nitrogens with zero attached hydrogens (tertiary/aromatic N) is 6. The Bertz CT molecular complexity index is 1230. The maximum absolute atomic E-state index is 12.0. The van der Waals surface area contributed by atoms with Crippen LogP contribution in [0.3, 0.4) is 0 Å². The van der Waals surface area contributed by atoms with Crippen LogP contribution in [-0.2, 0) is 29.5 Å². The zero-order valence-electron chi connectivity index (χ0n) is 21.8. The van der Waals surface area contributed by atoms with E-state index in [0.717, 1.165) is 55.5 Å². The van der Waals surface area contributed by atoms with Crippen LogP contribution in [0.15, 0.2) is 18.2 Å². The number of unbranched alkanes of at least 4 members (excludes halogenated alkanes) is 1. The van der Waals surface area contributed by atoms with Gasteiger partial charge in [0.1, 0.15) is 17.3 Å². The normalized spacial score (nSPS) is 17.4. The third-order valence-electron chi connectivity index (χ3n) is 6.74. The number of aryl methyl sites for hydroxylation is 3. The van der Waals surface area contributed by atoms with E-state index in [-0.39, 0.29) is 18.0 Å². The summed E-state index contributed by atoms with van der Waals surface area (Å²) in [6.07, 6.45) is 6.28. The quantitative estimate of drug-likeness (QED) is 0.374. The lowest BCUT2D eigenvalue weighted by atomic mass is 9.87. The van der Waals surface area contributed by atoms with Crippen molar-refractivity contribution in [1.29, 1.82) is 0 Å². The van der Waals surface area contributed by atoms with E-state index < -0.39 is 0 Å². The zero-order chi connectivity index (χ0) is 26.4. The van der Waals surface area contributed by atoms with Crippen LogP contribution in [0, 0.1) is 12.8 Å². The van der Waals surface area contributed by atoms with Gasteiger partial charge in [-0.05, 0) is 69.2 Å². The molecule has 1 aliphatic carbocycles. The summed E-state index contributed by atoms with van der Waals surface area (Å²) >= 11 is 6.21. The SMILES string of the molecule is CCCCc1cc(NCc2c(-c3ccc(O[C@H]4CCC[C@H](C(=O)OC)C4)c(C)n3)nnn2C)nnc1Cl. The molecule has 0 bridgehead atoms. The van der Waals surface area contributed by atoms with Crippen molar-refractivity contribution in [3.63, 3.8) is 0 Å². The summed E-state index contributed by atoms with van der Waals surface area (Å²) in [7, 11) is 3.28. The van der Waals surface area contributed by atoms with Crippen molar-refractivity contribution < 1.29 is 14.3 Å². The molecule has 0 radical (unpaired) electrons. The molecule has 0 amide bonds. The highest BCUT2D eigenvalue weighted by Gasteiger charge is 2.29. The van der Waals surface area contributed by atoms with Crippen LogP contribution in [-0.4, -0.2) is 49.4 Å². The maximum Gasteiger partial charge on any atom is 0.308 e. The number of carbonyl (C=O) groups is 1. The molecule has 0 saturated heterocycles. The minimum atomic E-state index is -0.163. The van der Waals surface area contributed by atoms with Gasteiger partial charge in [0.25, 0.3) is 0 Å². The largest absolute Gasteiger partial charge is 0.489 e. The first-order chi connectivity index (χ1) is 17.9. The molecule has 1 saturated carbocycles. The molecule has 0 spiro atoms. The van der Waals surface area contributed by atoms with E-state index in [1.54, 1.807) is 4.68 Å². The topological polar surface area (TPSA) is 117 Å². The lowest BCUT2D eigenvalue weighted by Crippen LogP contribution is -2.30. The first kappa shape index (κ1) is 26.8. The van der Waals surface area contributed by atoms with Gasteiger partial charge in [0.05, 0.1) is 42.8 Å². The van der Waals surface area contributed by atoms with Crippen LogP contribution in [0.25, 0.3) is 11.4 Å². The summed E-state index contributed by atoms with van der Waals surface area (Å²) in [4.78, 5) is 16.7.